The summed E-state index contributed by atoms with van der Waals surface area (Å²) in [6.45, 7) is 0.504. The minimum absolute atomic E-state index is 0.219. The molecule has 6 nitrogen and oxygen atoms in total. The van der Waals surface area contributed by atoms with E-state index in [2.05, 4.69) is 16.0 Å². The summed E-state index contributed by atoms with van der Waals surface area (Å²) in [5, 5.41) is 9.50. The molecule has 0 radical (unpaired) electrons. The third-order valence-electron chi connectivity index (χ3n) is 4.40. The van der Waals surface area contributed by atoms with Crippen molar-refractivity contribution in [1.82, 2.24) is 14.9 Å². The summed E-state index contributed by atoms with van der Waals surface area (Å²) >= 11 is 0. The van der Waals surface area contributed by atoms with Gasteiger partial charge in [0.2, 0.25) is 0 Å². The number of Topliss-reactive ketones (excluding diaryl/α,β-unsaturated/α-hetero) is 1. The molecule has 1 fully saturated rings. The summed E-state index contributed by atoms with van der Waals surface area (Å²) in [5.41, 5.74) is 0.878. The van der Waals surface area contributed by atoms with Crippen LogP contribution in [0.3, 0.4) is 0 Å². The molecule has 2 atom stereocenters. The highest BCUT2D eigenvalue weighted by Gasteiger charge is 2.37. The third-order valence-corrected chi connectivity index (χ3v) is 4.40. The van der Waals surface area contributed by atoms with Crippen molar-refractivity contribution in [3.05, 3.63) is 60.2 Å². The molecule has 3 heterocycles. The van der Waals surface area contributed by atoms with Gasteiger partial charge in [-0.05, 0) is 43.5 Å². The summed E-state index contributed by atoms with van der Waals surface area (Å²) in [4.78, 5) is 35.5. The fourth-order valence-corrected chi connectivity index (χ4v) is 3.14. The lowest BCUT2D eigenvalue weighted by Gasteiger charge is -2.35. The minimum Gasteiger partial charge on any atom is -0.328 e. The Morgan fingerprint density at radius 1 is 1.20 bits per heavy atom. The molecule has 6 heteroatoms. The average Bonchev–Trinajstić information content (AvgIpc) is 2.69. The van der Waals surface area contributed by atoms with Crippen molar-refractivity contribution >= 4 is 11.7 Å². The number of nitriles is 1. The Hall–Kier alpha value is -3.07. The van der Waals surface area contributed by atoms with Crippen LogP contribution in [0.15, 0.2) is 48.9 Å². The van der Waals surface area contributed by atoms with Gasteiger partial charge in [0.15, 0.2) is 5.78 Å². The molecule has 0 aromatic carbocycles. The number of amides is 1. The van der Waals surface area contributed by atoms with Gasteiger partial charge in [0.25, 0.3) is 5.91 Å². The fourth-order valence-electron chi connectivity index (χ4n) is 3.14. The lowest BCUT2D eigenvalue weighted by Crippen LogP contribution is -2.49. The van der Waals surface area contributed by atoms with Crippen molar-refractivity contribution in [1.29, 1.82) is 5.26 Å². The van der Waals surface area contributed by atoms with E-state index in [0.717, 1.165) is 12.8 Å². The fraction of sp³-hybridized carbons (Fsp3) is 0.316. The third kappa shape index (κ3) is 3.56. The zero-order chi connectivity index (χ0) is 17.6. The van der Waals surface area contributed by atoms with Gasteiger partial charge in [-0.3, -0.25) is 19.6 Å². The molecule has 0 bridgehead atoms. The number of carbonyl (C=O) groups excluding carboxylic acids is 2. The zero-order valence-electron chi connectivity index (χ0n) is 13.7. The van der Waals surface area contributed by atoms with E-state index in [9.17, 15) is 14.9 Å². The quantitative estimate of drug-likeness (QED) is 0.856. The van der Waals surface area contributed by atoms with Crippen molar-refractivity contribution in [2.24, 2.45) is 0 Å². The van der Waals surface area contributed by atoms with E-state index in [-0.39, 0.29) is 11.7 Å². The maximum atomic E-state index is 13.0. The number of hydrogen-bond acceptors (Lipinski definition) is 5. The van der Waals surface area contributed by atoms with Crippen molar-refractivity contribution in [2.45, 2.75) is 31.2 Å². The number of likely N-dealkylation sites (tertiary alicyclic amines) is 1. The van der Waals surface area contributed by atoms with Crippen LogP contribution in [0.2, 0.25) is 0 Å². The first-order chi connectivity index (χ1) is 12.2. The highest BCUT2D eigenvalue weighted by Crippen LogP contribution is 2.25. The zero-order valence-corrected chi connectivity index (χ0v) is 13.7. The van der Waals surface area contributed by atoms with E-state index >= 15 is 0 Å². The van der Waals surface area contributed by atoms with Gasteiger partial charge in [-0.2, -0.15) is 5.26 Å². The number of carbonyl (C=O) groups is 2. The first kappa shape index (κ1) is 16.8. The normalized spacial score (nSPS) is 18.2. The molecule has 0 aliphatic carbocycles. The van der Waals surface area contributed by atoms with E-state index in [1.54, 1.807) is 47.6 Å². The second-order valence-electron chi connectivity index (χ2n) is 5.97. The number of ketones is 1. The van der Waals surface area contributed by atoms with Gasteiger partial charge in [-0.15, -0.1) is 0 Å². The van der Waals surface area contributed by atoms with Crippen molar-refractivity contribution < 1.29 is 9.59 Å². The van der Waals surface area contributed by atoms with Crippen LogP contribution in [-0.2, 0) is 4.79 Å². The highest BCUT2D eigenvalue weighted by molar-refractivity contribution is 6.00. The van der Waals surface area contributed by atoms with Crippen molar-refractivity contribution in [2.75, 3.05) is 6.54 Å². The van der Waals surface area contributed by atoms with Crippen molar-refractivity contribution in [3.8, 4) is 6.07 Å². The van der Waals surface area contributed by atoms with Gasteiger partial charge < -0.3 is 4.90 Å². The molecule has 126 valence electrons. The Morgan fingerprint density at radius 3 is 2.76 bits per heavy atom. The van der Waals surface area contributed by atoms with Crippen LogP contribution in [0.4, 0.5) is 0 Å². The Balaban J connectivity index is 1.86. The molecule has 25 heavy (non-hydrogen) atoms. The van der Waals surface area contributed by atoms with Crippen LogP contribution < -0.4 is 0 Å². The van der Waals surface area contributed by atoms with Gasteiger partial charge in [-0.1, -0.05) is 6.07 Å². The summed E-state index contributed by atoms with van der Waals surface area (Å²) in [6.07, 6.45) is 6.92. The standard InChI is InChI=1S/C19H18N4O2/c20-12-15(16-7-1-3-10-22-16)18(24)17-8-2-4-11-23(17)19(25)14-6-5-9-21-13-14/h1,3,5-7,9-10,13,15,17H,2,4,8,11H2/t15-,17+/m0/s1. The van der Waals surface area contributed by atoms with E-state index in [4.69, 9.17) is 0 Å². The average molecular weight is 334 g/mol. The summed E-state index contributed by atoms with van der Waals surface area (Å²) in [5.74, 6) is -1.45. The predicted octanol–water partition coefficient (Wildman–Crippen LogP) is 2.35. The molecule has 0 spiro atoms. The number of aromatic nitrogens is 2. The summed E-state index contributed by atoms with van der Waals surface area (Å²) < 4.78 is 0. The number of nitrogens with zero attached hydrogens (tertiary/aromatic N) is 4. The molecule has 0 N–H and O–H groups in total. The number of pyridine rings is 2. The van der Waals surface area contributed by atoms with Crippen LogP contribution in [0.1, 0.15) is 41.2 Å². The maximum Gasteiger partial charge on any atom is 0.256 e. The van der Waals surface area contributed by atoms with E-state index in [0.29, 0.717) is 24.2 Å². The van der Waals surface area contributed by atoms with Crippen LogP contribution in [0.5, 0.6) is 0 Å². The Bertz CT molecular complexity index is 786. The first-order valence-electron chi connectivity index (χ1n) is 8.27. The number of piperidine rings is 1. The van der Waals surface area contributed by atoms with Crippen molar-refractivity contribution in [3.63, 3.8) is 0 Å². The smallest absolute Gasteiger partial charge is 0.256 e. The molecule has 2 aromatic rings. The largest absolute Gasteiger partial charge is 0.328 e. The monoisotopic (exact) mass is 334 g/mol. The van der Waals surface area contributed by atoms with Gasteiger partial charge in [0, 0.05) is 25.1 Å². The number of hydrogen-bond donors (Lipinski definition) is 0. The first-order valence-corrected chi connectivity index (χ1v) is 8.27. The molecule has 1 aliphatic rings. The Labute approximate surface area is 146 Å². The highest BCUT2D eigenvalue weighted by atomic mass is 16.2. The van der Waals surface area contributed by atoms with Crippen LogP contribution in [0, 0.1) is 11.3 Å². The molecule has 3 rings (SSSR count). The van der Waals surface area contributed by atoms with Crippen LogP contribution in [0.25, 0.3) is 0 Å². The van der Waals surface area contributed by atoms with Crippen LogP contribution >= 0.6 is 0 Å². The molecule has 1 saturated heterocycles. The topological polar surface area (TPSA) is 87.0 Å². The molecule has 1 aliphatic heterocycles. The van der Waals surface area contributed by atoms with Gasteiger partial charge >= 0.3 is 0 Å². The summed E-state index contributed by atoms with van der Waals surface area (Å²) in [6, 6.07) is 9.98. The van der Waals surface area contributed by atoms with Crippen LogP contribution in [-0.4, -0.2) is 39.1 Å². The molecule has 2 aromatic heterocycles. The maximum absolute atomic E-state index is 13.0. The second kappa shape index (κ2) is 7.67. The minimum atomic E-state index is -0.964. The number of rotatable bonds is 4. The van der Waals surface area contributed by atoms with E-state index in [1.807, 2.05) is 0 Å². The Morgan fingerprint density at radius 2 is 2.08 bits per heavy atom. The second-order valence-corrected chi connectivity index (χ2v) is 5.97. The molecule has 0 saturated carbocycles. The lowest BCUT2D eigenvalue weighted by atomic mass is 9.89. The summed E-state index contributed by atoms with van der Waals surface area (Å²) in [7, 11) is 0. The van der Waals surface area contributed by atoms with E-state index in [1.165, 1.54) is 6.20 Å². The SMILES string of the molecule is N#C[C@H](C(=O)[C@H]1CCCCN1C(=O)c1cccnc1)c1ccccn1. The molecule has 0 unspecified atom stereocenters. The van der Waals surface area contributed by atoms with Gasteiger partial charge in [0.05, 0.1) is 23.4 Å². The van der Waals surface area contributed by atoms with Gasteiger partial charge in [0.1, 0.15) is 5.92 Å². The molecular formula is C19H18N4O2. The van der Waals surface area contributed by atoms with Gasteiger partial charge in [-0.25, -0.2) is 0 Å². The molecular weight excluding hydrogens is 316 g/mol. The Kier molecular flexibility index (Phi) is 5.14. The van der Waals surface area contributed by atoms with E-state index < -0.39 is 12.0 Å². The predicted molar refractivity (Wildman–Crippen MR) is 90.5 cm³/mol. The molecule has 1 amide bonds. The lowest BCUT2D eigenvalue weighted by molar-refractivity contribution is -0.124.